The molecular weight excluding hydrogens is 250 g/mol. The van der Waals surface area contributed by atoms with Crippen LogP contribution in [0.1, 0.15) is 51.4 Å². The summed E-state index contributed by atoms with van der Waals surface area (Å²) in [6, 6.07) is 0.726. The van der Waals surface area contributed by atoms with E-state index in [9.17, 15) is 4.79 Å². The zero-order valence-electron chi connectivity index (χ0n) is 12.6. The van der Waals surface area contributed by atoms with Crippen molar-refractivity contribution in [2.75, 3.05) is 26.2 Å². The van der Waals surface area contributed by atoms with E-state index >= 15 is 0 Å². The minimum atomic E-state index is 0.215. The Morgan fingerprint density at radius 2 is 1.80 bits per heavy atom. The molecule has 1 amide bonds. The Morgan fingerprint density at radius 1 is 1.00 bits per heavy atom. The van der Waals surface area contributed by atoms with Gasteiger partial charge in [-0.1, -0.05) is 6.42 Å². The van der Waals surface area contributed by atoms with Crippen LogP contribution in [-0.4, -0.2) is 54.0 Å². The fourth-order valence-electron chi connectivity index (χ4n) is 4.23. The Balaban J connectivity index is 1.55. The van der Waals surface area contributed by atoms with Crippen molar-refractivity contribution >= 4 is 5.91 Å². The number of rotatable bonds is 3. The van der Waals surface area contributed by atoms with Crippen molar-refractivity contribution in [1.29, 1.82) is 0 Å². The molecule has 2 heterocycles. The van der Waals surface area contributed by atoms with E-state index in [0.717, 1.165) is 32.4 Å². The molecule has 4 heteroatoms. The van der Waals surface area contributed by atoms with Crippen LogP contribution in [0.15, 0.2) is 0 Å². The molecule has 0 aromatic carbocycles. The Bertz CT molecular complexity index is 341. The van der Waals surface area contributed by atoms with Gasteiger partial charge >= 0.3 is 0 Å². The van der Waals surface area contributed by atoms with E-state index in [4.69, 9.17) is 5.73 Å². The van der Waals surface area contributed by atoms with Gasteiger partial charge in [0.05, 0.1) is 0 Å². The molecule has 2 aliphatic heterocycles. The van der Waals surface area contributed by atoms with Crippen LogP contribution in [0, 0.1) is 5.92 Å². The average molecular weight is 279 g/mol. The molecule has 1 saturated carbocycles. The maximum atomic E-state index is 12.7. The zero-order valence-corrected chi connectivity index (χ0v) is 12.6. The van der Waals surface area contributed by atoms with Crippen LogP contribution in [0.3, 0.4) is 0 Å². The molecule has 4 nitrogen and oxygen atoms in total. The van der Waals surface area contributed by atoms with Crippen LogP contribution in [0.25, 0.3) is 0 Å². The third-order valence-corrected chi connectivity index (χ3v) is 5.40. The van der Waals surface area contributed by atoms with Gasteiger partial charge in [0.15, 0.2) is 0 Å². The van der Waals surface area contributed by atoms with E-state index < -0.39 is 0 Å². The van der Waals surface area contributed by atoms with Gasteiger partial charge in [-0.05, 0) is 58.0 Å². The topological polar surface area (TPSA) is 49.6 Å². The highest BCUT2D eigenvalue weighted by Crippen LogP contribution is 2.29. The van der Waals surface area contributed by atoms with Gasteiger partial charge < -0.3 is 15.5 Å². The fraction of sp³-hybridized carbons (Fsp3) is 0.938. The number of carbonyl (C=O) groups excluding carboxylic acids is 1. The lowest BCUT2D eigenvalue weighted by atomic mass is 10.0. The summed E-state index contributed by atoms with van der Waals surface area (Å²) < 4.78 is 0. The molecule has 0 aromatic heterocycles. The van der Waals surface area contributed by atoms with Crippen LogP contribution >= 0.6 is 0 Å². The van der Waals surface area contributed by atoms with Crippen LogP contribution in [0.4, 0.5) is 0 Å². The third-order valence-electron chi connectivity index (χ3n) is 5.40. The molecule has 2 saturated heterocycles. The summed E-state index contributed by atoms with van der Waals surface area (Å²) in [6.45, 7) is 4.53. The number of nitrogens with zero attached hydrogens (tertiary/aromatic N) is 2. The maximum absolute atomic E-state index is 12.7. The van der Waals surface area contributed by atoms with E-state index in [-0.39, 0.29) is 12.0 Å². The summed E-state index contributed by atoms with van der Waals surface area (Å²) in [4.78, 5) is 17.5. The summed E-state index contributed by atoms with van der Waals surface area (Å²) in [6.07, 6.45) is 9.36. The zero-order chi connectivity index (χ0) is 13.9. The quantitative estimate of drug-likeness (QED) is 0.853. The maximum Gasteiger partial charge on any atom is 0.226 e. The van der Waals surface area contributed by atoms with Crippen LogP contribution in [-0.2, 0) is 4.79 Å². The van der Waals surface area contributed by atoms with Crippen molar-refractivity contribution < 1.29 is 4.79 Å². The highest BCUT2D eigenvalue weighted by Gasteiger charge is 2.36. The molecule has 0 bridgehead atoms. The first-order valence-electron chi connectivity index (χ1n) is 8.52. The van der Waals surface area contributed by atoms with Gasteiger partial charge in [0.25, 0.3) is 0 Å². The lowest BCUT2D eigenvalue weighted by molar-refractivity contribution is -0.136. The second-order valence-corrected chi connectivity index (χ2v) is 6.96. The Morgan fingerprint density at radius 3 is 2.50 bits per heavy atom. The van der Waals surface area contributed by atoms with Gasteiger partial charge in [-0.15, -0.1) is 0 Å². The number of hydrogen-bond acceptors (Lipinski definition) is 3. The molecular formula is C16H29N3O. The number of hydrogen-bond donors (Lipinski definition) is 1. The van der Waals surface area contributed by atoms with E-state index in [1.165, 1.54) is 45.2 Å². The SMILES string of the molecule is N[C@@H]1CC[C@@H](C(=O)N2CCC[C@H]2CN2CCCCC2)C1. The molecule has 0 aromatic rings. The lowest BCUT2D eigenvalue weighted by Crippen LogP contribution is -2.46. The van der Waals surface area contributed by atoms with Crippen molar-refractivity contribution in [1.82, 2.24) is 9.80 Å². The molecule has 3 atom stereocenters. The normalized spacial score (nSPS) is 35.6. The van der Waals surface area contributed by atoms with Gasteiger partial charge in [-0.3, -0.25) is 4.79 Å². The Kier molecular flexibility index (Phi) is 4.61. The van der Waals surface area contributed by atoms with Crippen LogP contribution < -0.4 is 5.73 Å². The first-order chi connectivity index (χ1) is 9.74. The van der Waals surface area contributed by atoms with Gasteiger partial charge in [0, 0.05) is 31.1 Å². The van der Waals surface area contributed by atoms with E-state index in [2.05, 4.69) is 9.80 Å². The number of piperidine rings is 1. The number of nitrogens with two attached hydrogens (primary N) is 1. The second kappa shape index (κ2) is 6.44. The van der Waals surface area contributed by atoms with Crippen LogP contribution in [0.2, 0.25) is 0 Å². The minimum Gasteiger partial charge on any atom is -0.338 e. The predicted molar refractivity (Wildman–Crippen MR) is 80.3 cm³/mol. The third kappa shape index (κ3) is 3.17. The smallest absolute Gasteiger partial charge is 0.226 e. The first-order valence-corrected chi connectivity index (χ1v) is 8.52. The molecule has 3 aliphatic rings. The molecule has 3 fully saturated rings. The average Bonchev–Trinajstić information content (AvgIpc) is 3.08. The molecule has 20 heavy (non-hydrogen) atoms. The standard InChI is InChI=1S/C16H29N3O/c17-14-7-6-13(11-14)16(20)19-10-4-5-15(19)12-18-8-2-1-3-9-18/h13-15H,1-12,17H2/t13-,14-,15+/m1/s1. The molecule has 0 spiro atoms. The summed E-state index contributed by atoms with van der Waals surface area (Å²) in [5.41, 5.74) is 5.97. The van der Waals surface area contributed by atoms with Crippen molar-refractivity contribution in [2.45, 2.75) is 63.5 Å². The Labute approximate surface area is 122 Å². The van der Waals surface area contributed by atoms with Gasteiger partial charge in [-0.2, -0.15) is 0 Å². The van der Waals surface area contributed by atoms with Gasteiger partial charge in [0.2, 0.25) is 5.91 Å². The summed E-state index contributed by atoms with van der Waals surface area (Å²) in [5, 5.41) is 0. The fourth-order valence-corrected chi connectivity index (χ4v) is 4.23. The van der Waals surface area contributed by atoms with Crippen molar-refractivity contribution in [2.24, 2.45) is 11.7 Å². The van der Waals surface area contributed by atoms with Crippen LogP contribution in [0.5, 0.6) is 0 Å². The first kappa shape index (κ1) is 14.3. The highest BCUT2D eigenvalue weighted by molar-refractivity contribution is 5.79. The summed E-state index contributed by atoms with van der Waals surface area (Å²) in [5.74, 6) is 0.615. The van der Waals surface area contributed by atoms with E-state index in [0.29, 0.717) is 11.9 Å². The van der Waals surface area contributed by atoms with Gasteiger partial charge in [0.1, 0.15) is 0 Å². The molecule has 114 valence electrons. The minimum absolute atomic E-state index is 0.215. The predicted octanol–water partition coefficient (Wildman–Crippen LogP) is 1.59. The second-order valence-electron chi connectivity index (χ2n) is 6.96. The molecule has 0 unspecified atom stereocenters. The molecule has 1 aliphatic carbocycles. The van der Waals surface area contributed by atoms with E-state index in [1.807, 2.05) is 0 Å². The van der Waals surface area contributed by atoms with Gasteiger partial charge in [-0.25, -0.2) is 0 Å². The van der Waals surface area contributed by atoms with Crippen molar-refractivity contribution in [3.63, 3.8) is 0 Å². The Hall–Kier alpha value is -0.610. The summed E-state index contributed by atoms with van der Waals surface area (Å²) in [7, 11) is 0. The number of likely N-dealkylation sites (tertiary alicyclic amines) is 2. The van der Waals surface area contributed by atoms with E-state index in [1.54, 1.807) is 0 Å². The summed E-state index contributed by atoms with van der Waals surface area (Å²) >= 11 is 0. The monoisotopic (exact) mass is 279 g/mol. The lowest BCUT2D eigenvalue weighted by Gasteiger charge is -2.34. The largest absolute Gasteiger partial charge is 0.338 e. The molecule has 3 rings (SSSR count). The number of carbonyl (C=O) groups is 1. The van der Waals surface area contributed by atoms with Crippen molar-refractivity contribution in [3.05, 3.63) is 0 Å². The molecule has 2 N–H and O–H groups in total. The number of amides is 1. The van der Waals surface area contributed by atoms with Crippen molar-refractivity contribution in [3.8, 4) is 0 Å². The highest BCUT2D eigenvalue weighted by atomic mass is 16.2. The molecule has 0 radical (unpaired) electrons.